The summed E-state index contributed by atoms with van der Waals surface area (Å²) < 4.78 is 0. The van der Waals surface area contributed by atoms with Crippen molar-refractivity contribution in [3.63, 3.8) is 0 Å². The van der Waals surface area contributed by atoms with Crippen LogP contribution in [0.3, 0.4) is 0 Å². The van der Waals surface area contributed by atoms with Crippen molar-refractivity contribution in [1.29, 1.82) is 0 Å². The van der Waals surface area contributed by atoms with Gasteiger partial charge in [-0.1, -0.05) is 45.7 Å². The molecule has 0 saturated heterocycles. The van der Waals surface area contributed by atoms with E-state index >= 15 is 0 Å². The Bertz CT molecular complexity index is 321. The standard InChI is InChI=1S/C17H29NS/c1-4-7-8-14-19-16-11-9-15(10-12-16)17(6-3)18-13-5-2/h9-12,17-18H,4-8,13-14H2,1-3H3. The van der Waals surface area contributed by atoms with Gasteiger partial charge in [0.05, 0.1) is 0 Å². The first-order chi connectivity index (χ1) is 9.31. The fraction of sp³-hybridized carbons (Fsp3) is 0.647. The molecular formula is C17H29NS. The molecule has 1 nitrogen and oxygen atoms in total. The normalized spacial score (nSPS) is 12.6. The quantitative estimate of drug-likeness (QED) is 0.453. The average Bonchev–Trinajstić information content (AvgIpc) is 2.46. The largest absolute Gasteiger partial charge is 0.310 e. The van der Waals surface area contributed by atoms with Crippen LogP contribution in [0.2, 0.25) is 0 Å². The Balaban J connectivity index is 2.45. The van der Waals surface area contributed by atoms with E-state index in [9.17, 15) is 0 Å². The van der Waals surface area contributed by atoms with Gasteiger partial charge >= 0.3 is 0 Å². The third-order valence-electron chi connectivity index (χ3n) is 3.35. The molecule has 1 rings (SSSR count). The Morgan fingerprint density at radius 1 is 1.00 bits per heavy atom. The van der Waals surface area contributed by atoms with Crippen LogP contribution in [-0.2, 0) is 0 Å². The summed E-state index contributed by atoms with van der Waals surface area (Å²) in [6, 6.07) is 9.65. The van der Waals surface area contributed by atoms with E-state index in [4.69, 9.17) is 0 Å². The Hall–Kier alpha value is -0.470. The van der Waals surface area contributed by atoms with E-state index < -0.39 is 0 Å². The number of rotatable bonds is 10. The van der Waals surface area contributed by atoms with E-state index in [2.05, 4.69) is 50.4 Å². The molecule has 0 heterocycles. The number of unbranched alkanes of at least 4 members (excludes halogenated alkanes) is 2. The van der Waals surface area contributed by atoms with Crippen molar-refractivity contribution >= 4 is 11.8 Å². The predicted molar refractivity (Wildman–Crippen MR) is 88.0 cm³/mol. The van der Waals surface area contributed by atoms with Gasteiger partial charge < -0.3 is 5.32 Å². The van der Waals surface area contributed by atoms with Crippen molar-refractivity contribution in [2.24, 2.45) is 0 Å². The van der Waals surface area contributed by atoms with Crippen LogP contribution in [-0.4, -0.2) is 12.3 Å². The van der Waals surface area contributed by atoms with Crippen LogP contribution in [0.5, 0.6) is 0 Å². The van der Waals surface area contributed by atoms with E-state index in [1.165, 1.54) is 41.9 Å². The van der Waals surface area contributed by atoms with Gasteiger partial charge in [0.1, 0.15) is 0 Å². The van der Waals surface area contributed by atoms with Crippen molar-refractivity contribution in [1.82, 2.24) is 5.32 Å². The molecule has 0 aliphatic carbocycles. The highest BCUT2D eigenvalue weighted by Crippen LogP contribution is 2.23. The molecular weight excluding hydrogens is 250 g/mol. The van der Waals surface area contributed by atoms with Crippen molar-refractivity contribution < 1.29 is 0 Å². The van der Waals surface area contributed by atoms with Gasteiger partial charge in [-0.15, -0.1) is 11.8 Å². The summed E-state index contributed by atoms with van der Waals surface area (Å²) in [4.78, 5) is 1.41. The van der Waals surface area contributed by atoms with E-state index in [-0.39, 0.29) is 0 Å². The zero-order chi connectivity index (χ0) is 13.9. The molecule has 2 heteroatoms. The molecule has 1 unspecified atom stereocenters. The summed E-state index contributed by atoms with van der Waals surface area (Å²) in [5.41, 5.74) is 1.42. The van der Waals surface area contributed by atoms with Crippen LogP contribution in [0.15, 0.2) is 29.2 Å². The minimum atomic E-state index is 0.513. The molecule has 0 amide bonds. The molecule has 0 aliphatic rings. The predicted octanol–water partition coefficient (Wildman–Crippen LogP) is 5.42. The van der Waals surface area contributed by atoms with Gasteiger partial charge in [-0.05, 0) is 49.3 Å². The fourth-order valence-electron chi connectivity index (χ4n) is 2.15. The molecule has 0 fully saturated rings. The molecule has 0 aromatic heterocycles. The maximum absolute atomic E-state index is 3.61. The molecule has 1 aromatic carbocycles. The van der Waals surface area contributed by atoms with Gasteiger partial charge in [-0.3, -0.25) is 0 Å². The molecule has 0 radical (unpaired) electrons. The van der Waals surface area contributed by atoms with Gasteiger partial charge in [0.25, 0.3) is 0 Å². The Morgan fingerprint density at radius 3 is 2.32 bits per heavy atom. The molecule has 0 bridgehead atoms. The minimum absolute atomic E-state index is 0.513. The zero-order valence-electron chi connectivity index (χ0n) is 12.7. The summed E-state index contributed by atoms with van der Waals surface area (Å²) in [5, 5.41) is 3.61. The topological polar surface area (TPSA) is 12.0 Å². The van der Waals surface area contributed by atoms with Crippen LogP contribution in [0.4, 0.5) is 0 Å². The summed E-state index contributed by atoms with van der Waals surface area (Å²) in [7, 11) is 0. The number of thioether (sulfide) groups is 1. The Kier molecular flexibility index (Phi) is 9.02. The van der Waals surface area contributed by atoms with Crippen LogP contribution >= 0.6 is 11.8 Å². The van der Waals surface area contributed by atoms with Gasteiger partial charge in [-0.25, -0.2) is 0 Å². The summed E-state index contributed by atoms with van der Waals surface area (Å²) >= 11 is 1.99. The SMILES string of the molecule is CCCCCSc1ccc(C(CC)NCCC)cc1. The van der Waals surface area contributed by atoms with E-state index in [1.807, 2.05) is 11.8 Å². The van der Waals surface area contributed by atoms with E-state index in [1.54, 1.807) is 0 Å². The number of hydrogen-bond donors (Lipinski definition) is 1. The molecule has 0 saturated carbocycles. The fourth-order valence-corrected chi connectivity index (χ4v) is 3.07. The minimum Gasteiger partial charge on any atom is -0.310 e. The number of nitrogens with one attached hydrogen (secondary N) is 1. The molecule has 108 valence electrons. The van der Waals surface area contributed by atoms with Crippen molar-refractivity contribution in [2.45, 2.75) is 63.8 Å². The van der Waals surface area contributed by atoms with Crippen LogP contribution in [0, 0.1) is 0 Å². The van der Waals surface area contributed by atoms with Gasteiger partial charge in [-0.2, -0.15) is 0 Å². The molecule has 0 aliphatic heterocycles. The third kappa shape index (κ3) is 6.49. The first-order valence-electron chi connectivity index (χ1n) is 7.77. The average molecular weight is 279 g/mol. The molecule has 19 heavy (non-hydrogen) atoms. The van der Waals surface area contributed by atoms with Crippen LogP contribution < -0.4 is 5.32 Å². The first kappa shape index (κ1) is 16.6. The lowest BCUT2D eigenvalue weighted by molar-refractivity contribution is 0.518. The lowest BCUT2D eigenvalue weighted by atomic mass is 10.0. The maximum Gasteiger partial charge on any atom is 0.0317 e. The highest BCUT2D eigenvalue weighted by atomic mass is 32.2. The Labute approximate surface area is 123 Å². The molecule has 1 atom stereocenters. The summed E-state index contributed by atoms with van der Waals surface area (Å²) in [6.07, 6.45) is 6.34. The van der Waals surface area contributed by atoms with Gasteiger partial charge in [0.2, 0.25) is 0 Å². The zero-order valence-corrected chi connectivity index (χ0v) is 13.6. The highest BCUT2D eigenvalue weighted by molar-refractivity contribution is 7.99. The lowest BCUT2D eigenvalue weighted by Crippen LogP contribution is -2.21. The first-order valence-corrected chi connectivity index (χ1v) is 8.76. The van der Waals surface area contributed by atoms with E-state index in [0.717, 1.165) is 13.0 Å². The second-order valence-corrected chi connectivity index (χ2v) is 6.21. The maximum atomic E-state index is 3.61. The van der Waals surface area contributed by atoms with Crippen molar-refractivity contribution in [3.05, 3.63) is 29.8 Å². The number of hydrogen-bond acceptors (Lipinski definition) is 2. The molecule has 1 aromatic rings. The second kappa shape index (κ2) is 10.3. The number of benzene rings is 1. The smallest absolute Gasteiger partial charge is 0.0317 e. The Morgan fingerprint density at radius 2 is 1.74 bits per heavy atom. The summed E-state index contributed by atoms with van der Waals surface area (Å²) in [6.45, 7) is 7.83. The van der Waals surface area contributed by atoms with E-state index in [0.29, 0.717) is 6.04 Å². The van der Waals surface area contributed by atoms with Crippen LogP contribution in [0.25, 0.3) is 0 Å². The van der Waals surface area contributed by atoms with Crippen molar-refractivity contribution in [3.8, 4) is 0 Å². The van der Waals surface area contributed by atoms with Gasteiger partial charge in [0, 0.05) is 10.9 Å². The third-order valence-corrected chi connectivity index (χ3v) is 4.45. The molecule has 0 spiro atoms. The lowest BCUT2D eigenvalue weighted by Gasteiger charge is -2.17. The highest BCUT2D eigenvalue weighted by Gasteiger charge is 2.07. The van der Waals surface area contributed by atoms with Crippen LogP contribution in [0.1, 0.15) is 64.5 Å². The summed E-state index contributed by atoms with van der Waals surface area (Å²) in [5.74, 6) is 1.25. The monoisotopic (exact) mass is 279 g/mol. The van der Waals surface area contributed by atoms with Crippen molar-refractivity contribution in [2.75, 3.05) is 12.3 Å². The second-order valence-electron chi connectivity index (χ2n) is 5.04. The van der Waals surface area contributed by atoms with Gasteiger partial charge in [0.15, 0.2) is 0 Å². The molecule has 1 N–H and O–H groups in total.